The molecule has 0 fully saturated rings. The maximum atomic E-state index is 12.1. The van der Waals surface area contributed by atoms with Gasteiger partial charge in [-0.05, 0) is 35.8 Å². The number of aryl methyl sites for hydroxylation is 1. The second kappa shape index (κ2) is 6.89. The largest absolute Gasteiger partial charge is 0.378 e. The van der Waals surface area contributed by atoms with Gasteiger partial charge < -0.3 is 4.90 Å². The van der Waals surface area contributed by atoms with Gasteiger partial charge in [0, 0.05) is 25.3 Å². The molecule has 0 radical (unpaired) electrons. The SMILES string of the molecule is CCc1ccc(C(=O)/C=C/c2ccc(N(C)C)cc2)cc1. The van der Waals surface area contributed by atoms with Gasteiger partial charge in [0.05, 0.1) is 0 Å². The fourth-order valence-electron chi connectivity index (χ4n) is 2.06. The molecule has 0 aliphatic heterocycles. The highest BCUT2D eigenvalue weighted by Crippen LogP contribution is 2.14. The highest BCUT2D eigenvalue weighted by atomic mass is 16.1. The minimum absolute atomic E-state index is 0.0364. The van der Waals surface area contributed by atoms with Gasteiger partial charge in [0.25, 0.3) is 0 Å². The highest BCUT2D eigenvalue weighted by Gasteiger charge is 2.01. The van der Waals surface area contributed by atoms with Crippen LogP contribution in [0.15, 0.2) is 54.6 Å². The van der Waals surface area contributed by atoms with Gasteiger partial charge in [-0.15, -0.1) is 0 Å². The average Bonchev–Trinajstić information content (AvgIpc) is 2.53. The van der Waals surface area contributed by atoms with Crippen LogP contribution in [-0.2, 0) is 6.42 Å². The number of ketones is 1. The van der Waals surface area contributed by atoms with Crippen LogP contribution >= 0.6 is 0 Å². The lowest BCUT2D eigenvalue weighted by molar-refractivity contribution is 0.104. The summed E-state index contributed by atoms with van der Waals surface area (Å²) in [5.41, 5.74) is 4.15. The van der Waals surface area contributed by atoms with Crippen molar-refractivity contribution in [3.63, 3.8) is 0 Å². The van der Waals surface area contributed by atoms with E-state index >= 15 is 0 Å². The molecule has 0 aromatic heterocycles. The van der Waals surface area contributed by atoms with Crippen LogP contribution in [0.5, 0.6) is 0 Å². The number of carbonyl (C=O) groups excluding carboxylic acids is 1. The fourth-order valence-corrected chi connectivity index (χ4v) is 2.06. The molecular formula is C19H21NO. The smallest absolute Gasteiger partial charge is 0.185 e. The Labute approximate surface area is 126 Å². The summed E-state index contributed by atoms with van der Waals surface area (Å²) in [6, 6.07) is 15.9. The maximum Gasteiger partial charge on any atom is 0.185 e. The number of nitrogens with zero attached hydrogens (tertiary/aromatic N) is 1. The summed E-state index contributed by atoms with van der Waals surface area (Å²) in [4.78, 5) is 14.1. The lowest BCUT2D eigenvalue weighted by atomic mass is 10.1. The van der Waals surface area contributed by atoms with Crippen molar-refractivity contribution in [3.05, 3.63) is 71.3 Å². The third kappa shape index (κ3) is 4.06. The van der Waals surface area contributed by atoms with Crippen molar-refractivity contribution in [1.82, 2.24) is 0 Å². The minimum Gasteiger partial charge on any atom is -0.378 e. The van der Waals surface area contributed by atoms with Crippen molar-refractivity contribution in [2.75, 3.05) is 19.0 Å². The predicted molar refractivity (Wildman–Crippen MR) is 90.0 cm³/mol. The van der Waals surface area contributed by atoms with Gasteiger partial charge in [0.15, 0.2) is 5.78 Å². The lowest BCUT2D eigenvalue weighted by Crippen LogP contribution is -2.07. The molecule has 0 amide bonds. The molecule has 2 rings (SSSR count). The number of carbonyl (C=O) groups is 1. The summed E-state index contributed by atoms with van der Waals surface area (Å²) < 4.78 is 0. The van der Waals surface area contributed by atoms with E-state index in [9.17, 15) is 4.79 Å². The van der Waals surface area contributed by atoms with Crippen LogP contribution in [0.2, 0.25) is 0 Å². The van der Waals surface area contributed by atoms with Crippen molar-refractivity contribution in [3.8, 4) is 0 Å². The first-order chi connectivity index (χ1) is 10.1. The second-order valence-corrected chi connectivity index (χ2v) is 5.23. The molecule has 108 valence electrons. The summed E-state index contributed by atoms with van der Waals surface area (Å²) in [7, 11) is 4.02. The molecule has 0 spiro atoms. The maximum absolute atomic E-state index is 12.1. The number of rotatable bonds is 5. The molecule has 0 bridgehead atoms. The Morgan fingerprint density at radius 3 is 2.14 bits per heavy atom. The van der Waals surface area contributed by atoms with Crippen LogP contribution in [0.4, 0.5) is 5.69 Å². The molecule has 2 nitrogen and oxygen atoms in total. The van der Waals surface area contributed by atoms with Crippen molar-refractivity contribution in [1.29, 1.82) is 0 Å². The second-order valence-electron chi connectivity index (χ2n) is 5.23. The first-order valence-electron chi connectivity index (χ1n) is 7.19. The van der Waals surface area contributed by atoms with Crippen molar-refractivity contribution < 1.29 is 4.79 Å². The molecule has 0 atom stereocenters. The monoisotopic (exact) mass is 279 g/mol. The molecule has 21 heavy (non-hydrogen) atoms. The molecule has 0 aliphatic rings. The Hall–Kier alpha value is -2.35. The standard InChI is InChI=1S/C19H21NO/c1-4-15-5-10-17(11-6-15)19(21)14-9-16-7-12-18(13-8-16)20(2)3/h5-14H,4H2,1-3H3/b14-9+. The van der Waals surface area contributed by atoms with Gasteiger partial charge in [-0.2, -0.15) is 0 Å². The van der Waals surface area contributed by atoms with E-state index in [0.29, 0.717) is 0 Å². The van der Waals surface area contributed by atoms with Gasteiger partial charge in [0.1, 0.15) is 0 Å². The van der Waals surface area contributed by atoms with E-state index in [1.165, 1.54) is 5.56 Å². The molecular weight excluding hydrogens is 258 g/mol. The molecule has 0 saturated carbocycles. The van der Waals surface area contributed by atoms with Crippen molar-refractivity contribution in [2.45, 2.75) is 13.3 Å². The first-order valence-corrected chi connectivity index (χ1v) is 7.19. The zero-order chi connectivity index (χ0) is 15.2. The molecule has 0 N–H and O–H groups in total. The number of hydrogen-bond acceptors (Lipinski definition) is 2. The summed E-state index contributed by atoms with van der Waals surface area (Å²) >= 11 is 0. The quantitative estimate of drug-likeness (QED) is 0.603. The van der Waals surface area contributed by atoms with E-state index in [4.69, 9.17) is 0 Å². The number of anilines is 1. The number of hydrogen-bond donors (Lipinski definition) is 0. The van der Waals surface area contributed by atoms with Crippen LogP contribution in [0.25, 0.3) is 6.08 Å². The van der Waals surface area contributed by atoms with Gasteiger partial charge in [0.2, 0.25) is 0 Å². The van der Waals surface area contributed by atoms with Crippen LogP contribution in [0, 0.1) is 0 Å². The average molecular weight is 279 g/mol. The molecule has 0 aliphatic carbocycles. The van der Waals surface area contributed by atoms with E-state index in [0.717, 1.165) is 23.2 Å². The van der Waals surface area contributed by atoms with E-state index in [1.54, 1.807) is 6.08 Å². The fraction of sp³-hybridized carbons (Fsp3) is 0.211. The summed E-state index contributed by atoms with van der Waals surface area (Å²) in [5, 5.41) is 0. The first kappa shape index (κ1) is 15.0. The van der Waals surface area contributed by atoms with E-state index in [-0.39, 0.29) is 5.78 Å². The van der Waals surface area contributed by atoms with Gasteiger partial charge in [-0.3, -0.25) is 4.79 Å². The Kier molecular flexibility index (Phi) is 4.94. The topological polar surface area (TPSA) is 20.3 Å². The molecule has 2 aromatic carbocycles. The van der Waals surface area contributed by atoms with Crippen LogP contribution < -0.4 is 4.90 Å². The third-order valence-corrected chi connectivity index (χ3v) is 3.48. The van der Waals surface area contributed by atoms with Crippen molar-refractivity contribution in [2.24, 2.45) is 0 Å². The van der Waals surface area contributed by atoms with E-state index < -0.39 is 0 Å². The lowest BCUT2D eigenvalue weighted by Gasteiger charge is -2.11. The highest BCUT2D eigenvalue weighted by molar-refractivity contribution is 6.06. The Morgan fingerprint density at radius 1 is 1.00 bits per heavy atom. The van der Waals surface area contributed by atoms with Gasteiger partial charge in [-0.1, -0.05) is 49.4 Å². The molecule has 0 saturated heterocycles. The summed E-state index contributed by atoms with van der Waals surface area (Å²) in [6.45, 7) is 2.11. The molecule has 0 unspecified atom stereocenters. The normalized spacial score (nSPS) is 10.8. The van der Waals surface area contributed by atoms with Crippen LogP contribution in [-0.4, -0.2) is 19.9 Å². The van der Waals surface area contributed by atoms with Gasteiger partial charge in [-0.25, -0.2) is 0 Å². The predicted octanol–water partition coefficient (Wildman–Crippen LogP) is 4.21. The van der Waals surface area contributed by atoms with Crippen LogP contribution in [0.1, 0.15) is 28.4 Å². The van der Waals surface area contributed by atoms with Gasteiger partial charge >= 0.3 is 0 Å². The third-order valence-electron chi connectivity index (χ3n) is 3.48. The molecule has 0 heterocycles. The zero-order valence-electron chi connectivity index (χ0n) is 12.8. The molecule has 2 heteroatoms. The Bertz CT molecular complexity index is 622. The Balaban J connectivity index is 2.07. The van der Waals surface area contributed by atoms with Crippen LogP contribution in [0.3, 0.4) is 0 Å². The van der Waals surface area contributed by atoms with E-state index in [2.05, 4.69) is 6.92 Å². The Morgan fingerprint density at radius 2 is 1.62 bits per heavy atom. The van der Waals surface area contributed by atoms with E-state index in [1.807, 2.05) is 73.6 Å². The summed E-state index contributed by atoms with van der Waals surface area (Å²) in [6.07, 6.45) is 4.48. The zero-order valence-corrected chi connectivity index (χ0v) is 12.8. The summed E-state index contributed by atoms with van der Waals surface area (Å²) in [5.74, 6) is 0.0364. The number of allylic oxidation sites excluding steroid dienone is 1. The molecule has 2 aromatic rings. The van der Waals surface area contributed by atoms with Crippen molar-refractivity contribution >= 4 is 17.5 Å². The number of benzene rings is 2. The minimum atomic E-state index is 0.0364.